The van der Waals surface area contributed by atoms with E-state index in [2.05, 4.69) is 10.3 Å². The fraction of sp³-hybridized carbons (Fsp3) is 0.214. The first kappa shape index (κ1) is 25.9. The summed E-state index contributed by atoms with van der Waals surface area (Å²) in [4.78, 5) is 31.3. The Morgan fingerprint density at radius 1 is 1.05 bits per heavy atom. The van der Waals surface area contributed by atoms with Gasteiger partial charge < -0.3 is 11.1 Å². The quantitative estimate of drug-likeness (QED) is 0.348. The molecule has 1 unspecified atom stereocenters. The van der Waals surface area contributed by atoms with Crippen LogP contribution in [0.25, 0.3) is 16.9 Å². The number of nitrogens with one attached hydrogen (secondary N) is 1. The van der Waals surface area contributed by atoms with Crippen LogP contribution < -0.4 is 11.1 Å². The highest BCUT2D eigenvalue weighted by atomic mass is 35.5. The van der Waals surface area contributed by atoms with E-state index >= 15 is 0 Å². The molecule has 2 amide bonds. The molecule has 38 heavy (non-hydrogen) atoms. The summed E-state index contributed by atoms with van der Waals surface area (Å²) in [7, 11) is 0. The van der Waals surface area contributed by atoms with E-state index in [-0.39, 0.29) is 12.5 Å². The molecular formula is C28H26Cl2N6O2. The molecule has 0 saturated carbocycles. The molecule has 10 heteroatoms. The van der Waals surface area contributed by atoms with Crippen LogP contribution in [0.1, 0.15) is 16.8 Å². The number of rotatable bonds is 8. The van der Waals surface area contributed by atoms with Crippen LogP contribution in [-0.2, 0) is 29.0 Å². The van der Waals surface area contributed by atoms with E-state index in [0.29, 0.717) is 36.0 Å². The normalized spacial score (nSPS) is 14.1. The van der Waals surface area contributed by atoms with Crippen LogP contribution in [0.15, 0.2) is 73.1 Å². The number of nitrogens with zero attached hydrogens (tertiary/aromatic N) is 4. The lowest BCUT2D eigenvalue weighted by Gasteiger charge is -2.27. The third-order valence-corrected chi connectivity index (χ3v) is 7.26. The van der Waals surface area contributed by atoms with Crippen molar-refractivity contribution in [3.8, 4) is 16.9 Å². The molecule has 3 N–H and O–H groups in total. The standard InChI is InChI=1S/C28H26Cl2N6O2/c29-22-9-8-20(14-23(22)30)36-27(19-7-4-11-32-15-19)21-16-35(12-10-24(21)34-36)17-26(37)33-25(28(31)38)13-18-5-2-1-3-6-18/h1-9,11,14-15,25H,10,12-13,16-17H2,(H2,31,38)(H,33,37). The predicted octanol–water partition coefficient (Wildman–Crippen LogP) is 3.81. The molecule has 194 valence electrons. The van der Waals surface area contributed by atoms with Gasteiger partial charge in [0, 0.05) is 49.5 Å². The van der Waals surface area contributed by atoms with Gasteiger partial charge in [0.25, 0.3) is 0 Å². The summed E-state index contributed by atoms with van der Waals surface area (Å²) in [6.45, 7) is 1.28. The van der Waals surface area contributed by atoms with Crippen molar-refractivity contribution in [2.75, 3.05) is 13.1 Å². The second-order valence-corrected chi connectivity index (χ2v) is 10.0. The fourth-order valence-corrected chi connectivity index (χ4v) is 4.98. The molecule has 0 saturated heterocycles. The average molecular weight is 549 g/mol. The molecule has 0 fully saturated rings. The van der Waals surface area contributed by atoms with Gasteiger partial charge in [-0.05, 0) is 35.9 Å². The summed E-state index contributed by atoms with van der Waals surface area (Å²) >= 11 is 12.5. The van der Waals surface area contributed by atoms with Crippen LogP contribution in [0.5, 0.6) is 0 Å². The van der Waals surface area contributed by atoms with Crippen LogP contribution in [-0.4, -0.2) is 50.6 Å². The van der Waals surface area contributed by atoms with Gasteiger partial charge in [-0.3, -0.25) is 19.5 Å². The van der Waals surface area contributed by atoms with Gasteiger partial charge in [0.1, 0.15) is 6.04 Å². The minimum absolute atomic E-state index is 0.127. The van der Waals surface area contributed by atoms with Crippen molar-refractivity contribution in [2.45, 2.75) is 25.4 Å². The smallest absolute Gasteiger partial charge is 0.240 e. The van der Waals surface area contributed by atoms with Crippen LogP contribution in [0.2, 0.25) is 10.0 Å². The van der Waals surface area contributed by atoms with E-state index in [1.54, 1.807) is 24.5 Å². The SMILES string of the molecule is NC(=O)C(Cc1ccccc1)NC(=O)CN1CCc2nn(-c3ccc(Cl)c(Cl)c3)c(-c3cccnc3)c2C1. The number of pyridine rings is 1. The molecule has 0 aliphatic carbocycles. The number of benzene rings is 2. The zero-order chi connectivity index (χ0) is 26.6. The molecule has 1 atom stereocenters. The number of hydrogen-bond donors (Lipinski definition) is 2. The van der Waals surface area contributed by atoms with Gasteiger partial charge in [-0.25, -0.2) is 4.68 Å². The molecule has 1 aliphatic rings. The molecule has 3 heterocycles. The molecule has 5 rings (SSSR count). The van der Waals surface area contributed by atoms with Crippen molar-refractivity contribution in [3.63, 3.8) is 0 Å². The summed E-state index contributed by atoms with van der Waals surface area (Å²) in [5, 5.41) is 8.62. The van der Waals surface area contributed by atoms with Crippen LogP contribution in [0, 0.1) is 0 Å². The number of halogens is 2. The van der Waals surface area contributed by atoms with Gasteiger partial charge >= 0.3 is 0 Å². The zero-order valence-electron chi connectivity index (χ0n) is 20.5. The van der Waals surface area contributed by atoms with Crippen molar-refractivity contribution in [1.29, 1.82) is 0 Å². The number of carbonyl (C=O) groups is 2. The highest BCUT2D eigenvalue weighted by molar-refractivity contribution is 6.42. The first-order valence-electron chi connectivity index (χ1n) is 12.2. The lowest BCUT2D eigenvalue weighted by molar-refractivity contribution is -0.128. The Morgan fingerprint density at radius 3 is 2.58 bits per heavy atom. The maximum Gasteiger partial charge on any atom is 0.240 e. The van der Waals surface area contributed by atoms with Gasteiger partial charge in [0.05, 0.1) is 33.7 Å². The van der Waals surface area contributed by atoms with E-state index in [9.17, 15) is 9.59 Å². The maximum absolute atomic E-state index is 13.0. The van der Waals surface area contributed by atoms with Crippen LogP contribution >= 0.6 is 23.2 Å². The molecule has 8 nitrogen and oxygen atoms in total. The van der Waals surface area contributed by atoms with Crippen molar-refractivity contribution >= 4 is 35.0 Å². The van der Waals surface area contributed by atoms with E-state index in [0.717, 1.165) is 33.8 Å². The van der Waals surface area contributed by atoms with Gasteiger partial charge in [-0.15, -0.1) is 0 Å². The van der Waals surface area contributed by atoms with Crippen molar-refractivity contribution < 1.29 is 9.59 Å². The Hall–Kier alpha value is -3.72. The molecule has 2 aromatic heterocycles. The van der Waals surface area contributed by atoms with Crippen molar-refractivity contribution in [2.24, 2.45) is 5.73 Å². The number of amides is 2. The number of hydrogen-bond acceptors (Lipinski definition) is 5. The number of nitrogens with two attached hydrogens (primary N) is 1. The minimum Gasteiger partial charge on any atom is -0.368 e. The Kier molecular flexibility index (Phi) is 7.74. The summed E-state index contributed by atoms with van der Waals surface area (Å²) in [5.74, 6) is -0.821. The van der Waals surface area contributed by atoms with Crippen LogP contribution in [0.3, 0.4) is 0 Å². The highest BCUT2D eigenvalue weighted by Gasteiger charge is 2.28. The Bertz CT molecular complexity index is 1460. The number of primary amides is 1. The third kappa shape index (κ3) is 5.72. The molecule has 0 radical (unpaired) electrons. The molecule has 0 bridgehead atoms. The predicted molar refractivity (Wildman–Crippen MR) is 147 cm³/mol. The van der Waals surface area contributed by atoms with E-state index in [1.807, 2.05) is 58.1 Å². The second kappa shape index (κ2) is 11.3. The lowest BCUT2D eigenvalue weighted by atomic mass is 10.0. The maximum atomic E-state index is 13.0. The Labute approximate surface area is 230 Å². The first-order valence-corrected chi connectivity index (χ1v) is 13.0. The monoisotopic (exact) mass is 548 g/mol. The second-order valence-electron chi connectivity index (χ2n) is 9.20. The topological polar surface area (TPSA) is 106 Å². The summed E-state index contributed by atoms with van der Waals surface area (Å²) < 4.78 is 1.86. The minimum atomic E-state index is -0.784. The van der Waals surface area contributed by atoms with Crippen molar-refractivity contribution in [3.05, 3.63) is 99.9 Å². The molecule has 4 aromatic rings. The molecule has 2 aromatic carbocycles. The highest BCUT2D eigenvalue weighted by Crippen LogP contribution is 2.34. The van der Waals surface area contributed by atoms with Gasteiger partial charge in [0.2, 0.25) is 11.8 Å². The molecule has 0 spiro atoms. The van der Waals surface area contributed by atoms with Crippen LogP contribution in [0.4, 0.5) is 0 Å². The Balaban J connectivity index is 1.38. The van der Waals surface area contributed by atoms with Gasteiger partial charge in [-0.1, -0.05) is 53.5 Å². The fourth-order valence-electron chi connectivity index (χ4n) is 4.68. The van der Waals surface area contributed by atoms with Crippen molar-refractivity contribution in [1.82, 2.24) is 25.0 Å². The molecule has 1 aliphatic heterocycles. The van der Waals surface area contributed by atoms with E-state index in [1.165, 1.54) is 0 Å². The summed E-state index contributed by atoms with van der Waals surface area (Å²) in [5.41, 5.74) is 11.0. The largest absolute Gasteiger partial charge is 0.368 e. The first-order chi connectivity index (χ1) is 18.4. The van der Waals surface area contributed by atoms with E-state index < -0.39 is 11.9 Å². The lowest BCUT2D eigenvalue weighted by Crippen LogP contribution is -2.49. The number of carbonyl (C=O) groups excluding carboxylic acids is 2. The number of aromatic nitrogens is 3. The average Bonchev–Trinajstić information content (AvgIpc) is 3.29. The summed E-state index contributed by atoms with van der Waals surface area (Å²) in [6, 6.07) is 17.9. The van der Waals surface area contributed by atoms with Gasteiger partial charge in [-0.2, -0.15) is 5.10 Å². The third-order valence-electron chi connectivity index (χ3n) is 6.52. The zero-order valence-corrected chi connectivity index (χ0v) is 22.0. The summed E-state index contributed by atoms with van der Waals surface area (Å²) in [6.07, 6.45) is 4.51. The van der Waals surface area contributed by atoms with E-state index in [4.69, 9.17) is 34.0 Å². The van der Waals surface area contributed by atoms with Gasteiger partial charge in [0.15, 0.2) is 0 Å². The number of fused-ring (bicyclic) bond motifs is 1. The Morgan fingerprint density at radius 2 is 1.87 bits per heavy atom. The molecular weight excluding hydrogens is 523 g/mol.